The minimum atomic E-state index is 0.197. The predicted octanol–water partition coefficient (Wildman–Crippen LogP) is 3.44. The Bertz CT molecular complexity index is 760. The molecule has 0 bridgehead atoms. The van der Waals surface area contributed by atoms with Crippen molar-refractivity contribution in [3.63, 3.8) is 0 Å². The first-order chi connectivity index (χ1) is 11.9. The maximum Gasteiger partial charge on any atom is 0.231 e. The molecule has 1 aliphatic rings. The summed E-state index contributed by atoms with van der Waals surface area (Å²) in [5.74, 6) is 1.80. The summed E-state index contributed by atoms with van der Waals surface area (Å²) in [7, 11) is 0. The van der Waals surface area contributed by atoms with Gasteiger partial charge in [-0.05, 0) is 60.1 Å². The number of ketones is 1. The molecule has 0 saturated carbocycles. The number of aryl methyl sites for hydroxylation is 2. The maximum absolute atomic E-state index is 12.9. The van der Waals surface area contributed by atoms with Gasteiger partial charge in [-0.2, -0.15) is 4.98 Å². The highest BCUT2D eigenvalue weighted by Gasteiger charge is 2.27. The highest BCUT2D eigenvalue weighted by Crippen LogP contribution is 2.26. The van der Waals surface area contributed by atoms with Crippen LogP contribution in [0.4, 0.5) is 0 Å². The molecule has 0 aliphatic carbocycles. The van der Waals surface area contributed by atoms with E-state index in [1.807, 2.05) is 19.9 Å². The van der Waals surface area contributed by atoms with Gasteiger partial charge in [0.1, 0.15) is 0 Å². The van der Waals surface area contributed by atoms with Gasteiger partial charge in [0.15, 0.2) is 11.6 Å². The Morgan fingerprint density at radius 1 is 1.36 bits per heavy atom. The summed E-state index contributed by atoms with van der Waals surface area (Å²) < 4.78 is 7.56. The second-order valence-electron chi connectivity index (χ2n) is 7.43. The molecule has 1 unspecified atom stereocenters. The smallest absolute Gasteiger partial charge is 0.231 e. The largest absolute Gasteiger partial charge is 0.346 e. The van der Waals surface area contributed by atoms with Crippen molar-refractivity contribution in [2.45, 2.75) is 59.4 Å². The molecule has 0 aromatic carbocycles. The number of hydrogen-bond donors (Lipinski definition) is 0. The van der Waals surface area contributed by atoms with Gasteiger partial charge in [-0.1, -0.05) is 5.16 Å². The van der Waals surface area contributed by atoms with Gasteiger partial charge in [-0.25, -0.2) is 0 Å². The first kappa shape index (κ1) is 17.9. The van der Waals surface area contributed by atoms with Crippen LogP contribution in [0.2, 0.25) is 0 Å². The first-order valence-electron chi connectivity index (χ1n) is 9.11. The van der Waals surface area contributed by atoms with E-state index in [9.17, 15) is 4.79 Å². The zero-order valence-corrected chi connectivity index (χ0v) is 15.9. The number of aromatic nitrogens is 3. The summed E-state index contributed by atoms with van der Waals surface area (Å²) in [6.07, 6.45) is 2.08. The van der Waals surface area contributed by atoms with Crippen molar-refractivity contribution in [3.05, 3.63) is 34.7 Å². The maximum atomic E-state index is 12.9. The van der Waals surface area contributed by atoms with E-state index >= 15 is 0 Å². The van der Waals surface area contributed by atoms with E-state index in [0.717, 1.165) is 42.9 Å². The Kier molecular flexibility index (Phi) is 5.08. The van der Waals surface area contributed by atoms with Gasteiger partial charge in [0.2, 0.25) is 5.89 Å². The Labute approximate surface area is 149 Å². The standard InChI is InChI=1S/C19H28N4O2/c1-12(2)23-13(3)9-17(14(23)4)18(24)11-22-8-6-7-16(10-22)19-20-15(5)21-25-19/h9,12,16H,6-8,10-11H2,1-5H3. The quantitative estimate of drug-likeness (QED) is 0.778. The number of likely N-dealkylation sites (tertiary alicyclic amines) is 1. The number of hydrogen-bond acceptors (Lipinski definition) is 5. The molecular formula is C19H28N4O2. The Hall–Kier alpha value is -1.95. The normalized spacial score (nSPS) is 18.9. The van der Waals surface area contributed by atoms with Gasteiger partial charge in [0, 0.05) is 29.5 Å². The molecular weight excluding hydrogens is 316 g/mol. The van der Waals surface area contributed by atoms with Crippen molar-refractivity contribution in [2.75, 3.05) is 19.6 Å². The Morgan fingerprint density at radius 2 is 2.12 bits per heavy atom. The number of piperidine rings is 1. The number of carbonyl (C=O) groups excluding carboxylic acids is 1. The molecule has 3 rings (SSSR count). The number of nitrogens with zero attached hydrogens (tertiary/aromatic N) is 4. The van der Waals surface area contributed by atoms with Gasteiger partial charge in [0.05, 0.1) is 12.5 Å². The lowest BCUT2D eigenvalue weighted by Gasteiger charge is -2.30. The predicted molar refractivity (Wildman–Crippen MR) is 96.1 cm³/mol. The van der Waals surface area contributed by atoms with Crippen molar-refractivity contribution in [3.8, 4) is 0 Å². The summed E-state index contributed by atoms with van der Waals surface area (Å²) in [5, 5.41) is 3.89. The van der Waals surface area contributed by atoms with Crippen LogP contribution in [0.3, 0.4) is 0 Å². The molecule has 136 valence electrons. The summed E-state index contributed by atoms with van der Waals surface area (Å²) in [6, 6.07) is 2.39. The van der Waals surface area contributed by atoms with E-state index in [1.54, 1.807) is 0 Å². The second-order valence-corrected chi connectivity index (χ2v) is 7.43. The highest BCUT2D eigenvalue weighted by molar-refractivity contribution is 5.99. The van der Waals surface area contributed by atoms with E-state index in [1.165, 1.54) is 0 Å². The van der Waals surface area contributed by atoms with Gasteiger partial charge in [0.25, 0.3) is 0 Å². The van der Waals surface area contributed by atoms with E-state index in [0.29, 0.717) is 24.3 Å². The summed E-state index contributed by atoms with van der Waals surface area (Å²) in [4.78, 5) is 19.4. The van der Waals surface area contributed by atoms with Crippen LogP contribution in [-0.2, 0) is 0 Å². The molecule has 2 aromatic rings. The third kappa shape index (κ3) is 3.68. The third-order valence-corrected chi connectivity index (χ3v) is 5.07. The topological polar surface area (TPSA) is 64.2 Å². The van der Waals surface area contributed by atoms with Gasteiger partial charge < -0.3 is 9.09 Å². The monoisotopic (exact) mass is 344 g/mol. The van der Waals surface area contributed by atoms with E-state index in [-0.39, 0.29) is 11.7 Å². The highest BCUT2D eigenvalue weighted by atomic mass is 16.5. The van der Waals surface area contributed by atoms with Gasteiger partial charge >= 0.3 is 0 Å². The van der Waals surface area contributed by atoms with Crippen LogP contribution in [-0.4, -0.2) is 45.0 Å². The fraction of sp³-hybridized carbons (Fsp3) is 0.632. The van der Waals surface area contributed by atoms with Crippen molar-refractivity contribution in [1.82, 2.24) is 19.6 Å². The molecule has 1 fully saturated rings. The molecule has 0 radical (unpaired) electrons. The number of carbonyl (C=O) groups is 1. The van der Waals surface area contributed by atoms with Crippen LogP contribution in [0.15, 0.2) is 10.6 Å². The Morgan fingerprint density at radius 3 is 2.72 bits per heavy atom. The van der Waals surface area contributed by atoms with E-state index in [4.69, 9.17) is 4.52 Å². The molecule has 0 spiro atoms. The molecule has 6 heteroatoms. The zero-order chi connectivity index (χ0) is 18.1. The lowest BCUT2D eigenvalue weighted by atomic mass is 9.97. The molecule has 1 aliphatic heterocycles. The minimum Gasteiger partial charge on any atom is -0.346 e. The lowest BCUT2D eigenvalue weighted by Crippen LogP contribution is -2.38. The molecule has 0 N–H and O–H groups in total. The first-order valence-corrected chi connectivity index (χ1v) is 9.11. The molecule has 0 amide bonds. The van der Waals surface area contributed by atoms with Crippen LogP contribution >= 0.6 is 0 Å². The fourth-order valence-corrected chi connectivity index (χ4v) is 4.02. The van der Waals surface area contributed by atoms with Crippen molar-refractivity contribution >= 4 is 5.78 Å². The van der Waals surface area contributed by atoms with Crippen LogP contribution < -0.4 is 0 Å². The van der Waals surface area contributed by atoms with Gasteiger partial charge in [-0.15, -0.1) is 0 Å². The Balaban J connectivity index is 1.70. The molecule has 6 nitrogen and oxygen atoms in total. The average molecular weight is 344 g/mol. The average Bonchev–Trinajstić information content (AvgIpc) is 3.11. The number of Topliss-reactive ketones (excluding diaryl/α,β-unsaturated/α-hetero) is 1. The molecule has 3 heterocycles. The van der Waals surface area contributed by atoms with Crippen molar-refractivity contribution in [2.24, 2.45) is 0 Å². The van der Waals surface area contributed by atoms with E-state index in [2.05, 4.69) is 40.4 Å². The van der Waals surface area contributed by atoms with Gasteiger partial charge in [-0.3, -0.25) is 9.69 Å². The molecule has 2 aromatic heterocycles. The SMILES string of the molecule is Cc1noc(C2CCCN(CC(=O)c3cc(C)n(C(C)C)c3C)C2)n1. The van der Waals surface area contributed by atoms with Crippen LogP contribution in [0.5, 0.6) is 0 Å². The second kappa shape index (κ2) is 7.12. The summed E-state index contributed by atoms with van der Waals surface area (Å²) in [5.41, 5.74) is 3.06. The van der Waals surface area contributed by atoms with Crippen LogP contribution in [0.25, 0.3) is 0 Å². The van der Waals surface area contributed by atoms with Crippen LogP contribution in [0.1, 0.15) is 72.1 Å². The minimum absolute atomic E-state index is 0.197. The van der Waals surface area contributed by atoms with Crippen molar-refractivity contribution < 1.29 is 9.32 Å². The van der Waals surface area contributed by atoms with E-state index < -0.39 is 0 Å². The van der Waals surface area contributed by atoms with Crippen molar-refractivity contribution in [1.29, 1.82) is 0 Å². The summed E-state index contributed by atoms with van der Waals surface area (Å²) in [6.45, 7) is 12.4. The third-order valence-electron chi connectivity index (χ3n) is 5.07. The fourth-order valence-electron chi connectivity index (χ4n) is 4.02. The van der Waals surface area contributed by atoms with Crippen LogP contribution in [0, 0.1) is 20.8 Å². The molecule has 25 heavy (non-hydrogen) atoms. The lowest BCUT2D eigenvalue weighted by molar-refractivity contribution is 0.0898. The molecule has 1 atom stereocenters. The number of rotatable bonds is 5. The molecule has 1 saturated heterocycles. The summed E-state index contributed by atoms with van der Waals surface area (Å²) >= 11 is 0. The zero-order valence-electron chi connectivity index (χ0n) is 15.9.